The van der Waals surface area contributed by atoms with Crippen molar-refractivity contribution in [2.75, 3.05) is 0 Å². The van der Waals surface area contributed by atoms with Gasteiger partial charge in [0.15, 0.2) is 0 Å². The minimum absolute atomic E-state index is 0.00568. The molecule has 3 nitrogen and oxygen atoms in total. The molecule has 0 aliphatic carbocycles. The Morgan fingerprint density at radius 2 is 0.727 bits per heavy atom. The minimum Gasteiger partial charge on any atom is -0.373 e. The van der Waals surface area contributed by atoms with Crippen LogP contribution in [0.15, 0.2) is 261 Å². The predicted octanol–water partition coefficient (Wildman–Crippen LogP) is 14.8. The van der Waals surface area contributed by atoms with E-state index in [9.17, 15) is 0 Å². The first kappa shape index (κ1) is 40.5. The molecular weight excluding hydrogens is 799 g/mol. The van der Waals surface area contributed by atoms with Gasteiger partial charge in [0.1, 0.15) is 6.17 Å². The van der Waals surface area contributed by atoms with Gasteiger partial charge in [-0.25, -0.2) is 0 Å². The molecule has 66 heavy (non-hydrogen) atoms. The molecule has 0 saturated heterocycles. The third kappa shape index (κ3) is 8.32. The fourth-order valence-electron chi connectivity index (χ4n) is 9.59. The number of nitrogens with one attached hydrogen (secondary N) is 3. The molecule has 0 saturated carbocycles. The molecule has 0 radical (unpaired) electrons. The number of benzene rings is 9. The monoisotopic (exact) mass is 847 g/mol. The van der Waals surface area contributed by atoms with Crippen molar-refractivity contribution in [3.63, 3.8) is 0 Å². The van der Waals surface area contributed by atoms with Gasteiger partial charge in [0.05, 0.1) is 17.8 Å². The van der Waals surface area contributed by atoms with Crippen molar-refractivity contribution < 1.29 is 0 Å². The van der Waals surface area contributed by atoms with Gasteiger partial charge < -0.3 is 10.6 Å². The highest BCUT2D eigenvalue weighted by atomic mass is 15.2. The number of dihydropyridines is 1. The molecule has 0 spiro atoms. The Balaban J connectivity index is 0.967. The molecule has 0 fully saturated rings. The average Bonchev–Trinajstić information content (AvgIpc) is 3.42. The lowest BCUT2D eigenvalue weighted by molar-refractivity contribution is 0.443. The van der Waals surface area contributed by atoms with Crippen molar-refractivity contribution in [2.45, 2.75) is 18.2 Å². The molecule has 2 heterocycles. The Morgan fingerprint density at radius 1 is 0.288 bits per heavy atom. The van der Waals surface area contributed by atoms with Crippen molar-refractivity contribution in [1.29, 1.82) is 0 Å². The van der Waals surface area contributed by atoms with Crippen LogP contribution in [-0.4, -0.2) is 0 Å². The van der Waals surface area contributed by atoms with Crippen LogP contribution >= 0.6 is 0 Å². The van der Waals surface area contributed by atoms with Crippen LogP contribution in [0.3, 0.4) is 0 Å². The summed E-state index contributed by atoms with van der Waals surface area (Å²) in [7, 11) is 0. The summed E-state index contributed by atoms with van der Waals surface area (Å²) in [5, 5.41) is 11.9. The Kier molecular flexibility index (Phi) is 11.3. The molecular formula is C63H49N3. The molecule has 3 atom stereocenters. The largest absolute Gasteiger partial charge is 0.373 e. The van der Waals surface area contributed by atoms with E-state index in [0.29, 0.717) is 0 Å². The number of hydrogen-bond donors (Lipinski definition) is 3. The van der Waals surface area contributed by atoms with E-state index >= 15 is 0 Å². The van der Waals surface area contributed by atoms with Crippen LogP contribution < -0.4 is 16.0 Å². The average molecular weight is 848 g/mol. The number of allylic oxidation sites excluding steroid dienone is 2. The highest BCUT2D eigenvalue weighted by Crippen LogP contribution is 2.50. The Bertz CT molecular complexity index is 3160. The summed E-state index contributed by atoms with van der Waals surface area (Å²) in [5.41, 5.74) is 20.1. The number of hydrogen-bond acceptors (Lipinski definition) is 3. The van der Waals surface area contributed by atoms with Crippen molar-refractivity contribution in [3.8, 4) is 22.3 Å². The lowest BCUT2D eigenvalue weighted by Gasteiger charge is -2.36. The van der Waals surface area contributed by atoms with Crippen LogP contribution in [0.2, 0.25) is 0 Å². The molecule has 0 aromatic heterocycles. The van der Waals surface area contributed by atoms with E-state index in [1.165, 1.54) is 77.9 Å². The zero-order valence-corrected chi connectivity index (χ0v) is 36.6. The van der Waals surface area contributed by atoms with Gasteiger partial charge in [0.2, 0.25) is 0 Å². The van der Waals surface area contributed by atoms with Crippen LogP contribution in [0.5, 0.6) is 0 Å². The lowest BCUT2D eigenvalue weighted by Crippen LogP contribution is -2.39. The summed E-state index contributed by atoms with van der Waals surface area (Å²) in [5.74, 6) is 0. The first-order chi connectivity index (χ1) is 32.7. The lowest BCUT2D eigenvalue weighted by atomic mass is 9.77. The SMILES string of the molecule is C1=C(c2ccccc2)NC(c2ccc(-c3ccc(C4=C(c5ccccc5)C(c5ccccc5)NC(c5ccccc5)=C4c4ccccc4)cc3)cc2)NC1c1cccc(-c2ccccc2)c1. The maximum atomic E-state index is 4.09. The minimum atomic E-state index is -0.102. The molecule has 2 aliphatic heterocycles. The smallest absolute Gasteiger partial charge is 0.104 e. The second-order valence-corrected chi connectivity index (χ2v) is 17.0. The van der Waals surface area contributed by atoms with Gasteiger partial charge in [0, 0.05) is 11.3 Å². The van der Waals surface area contributed by atoms with Crippen molar-refractivity contribution in [1.82, 2.24) is 16.0 Å². The van der Waals surface area contributed by atoms with Gasteiger partial charge in [-0.3, -0.25) is 5.32 Å². The summed E-state index contributed by atoms with van der Waals surface area (Å²) in [6.45, 7) is 0. The zero-order chi connectivity index (χ0) is 44.1. The van der Waals surface area contributed by atoms with Crippen molar-refractivity contribution in [2.24, 2.45) is 0 Å². The molecule has 11 rings (SSSR count). The maximum Gasteiger partial charge on any atom is 0.104 e. The molecule has 9 aromatic rings. The Labute approximate surface area is 388 Å². The highest BCUT2D eigenvalue weighted by molar-refractivity contribution is 6.24. The van der Waals surface area contributed by atoms with Gasteiger partial charge in [-0.2, -0.15) is 0 Å². The summed E-state index contributed by atoms with van der Waals surface area (Å²) in [4.78, 5) is 0. The first-order valence-electron chi connectivity index (χ1n) is 22.9. The second kappa shape index (κ2) is 18.5. The van der Waals surface area contributed by atoms with E-state index in [-0.39, 0.29) is 18.2 Å². The predicted molar refractivity (Wildman–Crippen MR) is 275 cm³/mol. The molecule has 316 valence electrons. The zero-order valence-electron chi connectivity index (χ0n) is 36.6. The highest BCUT2D eigenvalue weighted by Gasteiger charge is 2.33. The quantitative estimate of drug-likeness (QED) is 0.128. The van der Waals surface area contributed by atoms with Crippen LogP contribution in [0.1, 0.15) is 62.8 Å². The van der Waals surface area contributed by atoms with Gasteiger partial charge in [-0.1, -0.05) is 249 Å². The third-order valence-electron chi connectivity index (χ3n) is 12.9. The van der Waals surface area contributed by atoms with E-state index < -0.39 is 0 Å². The van der Waals surface area contributed by atoms with Gasteiger partial charge in [0.25, 0.3) is 0 Å². The van der Waals surface area contributed by atoms with Crippen molar-refractivity contribution in [3.05, 3.63) is 305 Å². The van der Waals surface area contributed by atoms with Gasteiger partial charge >= 0.3 is 0 Å². The second-order valence-electron chi connectivity index (χ2n) is 17.0. The summed E-state index contributed by atoms with van der Waals surface area (Å²) < 4.78 is 0. The molecule has 3 N–H and O–H groups in total. The summed E-state index contributed by atoms with van der Waals surface area (Å²) in [6.07, 6.45) is 2.21. The fraction of sp³-hybridized carbons (Fsp3) is 0.0476. The van der Waals surface area contributed by atoms with Crippen molar-refractivity contribution >= 4 is 28.1 Å². The van der Waals surface area contributed by atoms with Crippen LogP contribution in [0, 0.1) is 0 Å². The molecule has 2 aliphatic rings. The molecule has 0 amide bonds. The number of rotatable bonds is 10. The van der Waals surface area contributed by atoms with Crippen LogP contribution in [0.25, 0.3) is 50.4 Å². The normalized spacial score (nSPS) is 17.1. The van der Waals surface area contributed by atoms with Crippen LogP contribution in [-0.2, 0) is 0 Å². The topological polar surface area (TPSA) is 36.1 Å². The van der Waals surface area contributed by atoms with Gasteiger partial charge in [-0.15, -0.1) is 0 Å². The third-order valence-corrected chi connectivity index (χ3v) is 12.9. The Hall–Kier alpha value is -8.24. The fourth-order valence-corrected chi connectivity index (χ4v) is 9.59. The standard InChI is InChI=1S/C63H49N3/c1-7-20-44(21-8-1)54-32-19-33-55(42-54)57-43-56(47-22-9-2-10-23-47)64-63(65-57)53-40-36-46(37-41-53)45-34-38-50(39-35-45)58-59(48-24-11-3-12-25-48)61(51-28-15-5-16-29-51)66-62(52-30-17-6-18-31-52)60(58)49-26-13-4-14-27-49/h1-43,57,61,63-66H. The van der Waals surface area contributed by atoms with Gasteiger partial charge in [-0.05, 0) is 90.1 Å². The molecule has 3 unspecified atom stereocenters. The Morgan fingerprint density at radius 3 is 1.33 bits per heavy atom. The van der Waals surface area contributed by atoms with E-state index in [0.717, 1.165) is 17.0 Å². The first-order valence-corrected chi connectivity index (χ1v) is 22.9. The maximum absolute atomic E-state index is 4.09. The summed E-state index contributed by atoms with van der Waals surface area (Å²) in [6, 6.07) is 91.7. The van der Waals surface area contributed by atoms with Crippen LogP contribution in [0.4, 0.5) is 0 Å². The molecule has 9 aromatic carbocycles. The van der Waals surface area contributed by atoms with E-state index in [1.807, 2.05) is 0 Å². The van der Waals surface area contributed by atoms with E-state index in [2.05, 4.69) is 277 Å². The van der Waals surface area contributed by atoms with E-state index in [1.54, 1.807) is 0 Å². The summed E-state index contributed by atoms with van der Waals surface area (Å²) >= 11 is 0. The molecule has 0 bridgehead atoms. The van der Waals surface area contributed by atoms with E-state index in [4.69, 9.17) is 0 Å². The molecule has 3 heteroatoms.